The number of amides is 1. The second kappa shape index (κ2) is 8.67. The van der Waals surface area contributed by atoms with Gasteiger partial charge in [-0.15, -0.1) is 0 Å². The lowest BCUT2D eigenvalue weighted by Gasteiger charge is -2.17. The lowest BCUT2D eigenvalue weighted by atomic mass is 9.94. The number of aryl methyl sites for hydroxylation is 1. The first kappa shape index (κ1) is 17.5. The van der Waals surface area contributed by atoms with Gasteiger partial charge in [0.05, 0.1) is 6.61 Å². The summed E-state index contributed by atoms with van der Waals surface area (Å²) in [5.41, 5.74) is 7.59. The molecule has 0 spiro atoms. The van der Waals surface area contributed by atoms with E-state index in [0.29, 0.717) is 25.5 Å². The Hall–Kier alpha value is -1.55. The number of hydrogen-bond acceptors (Lipinski definition) is 3. The zero-order valence-electron chi connectivity index (χ0n) is 13.6. The maximum Gasteiger partial charge on any atom is 0.224 e. The van der Waals surface area contributed by atoms with Crippen LogP contribution in [-0.4, -0.2) is 19.1 Å². The molecule has 1 aromatic rings. The quantitative estimate of drug-likeness (QED) is 0.772. The molecule has 4 nitrogen and oxygen atoms in total. The van der Waals surface area contributed by atoms with E-state index in [1.54, 1.807) is 0 Å². The molecular weight excluding hydrogens is 264 g/mol. The third-order valence-corrected chi connectivity index (χ3v) is 3.40. The third kappa shape index (κ3) is 6.17. The van der Waals surface area contributed by atoms with Crippen molar-refractivity contribution in [3.05, 3.63) is 23.8 Å². The first-order valence-corrected chi connectivity index (χ1v) is 7.69. The minimum absolute atomic E-state index is 0.0263. The van der Waals surface area contributed by atoms with Crippen LogP contribution >= 0.6 is 0 Å². The van der Waals surface area contributed by atoms with Crippen molar-refractivity contribution < 1.29 is 9.53 Å². The van der Waals surface area contributed by atoms with Crippen LogP contribution < -0.4 is 15.8 Å². The van der Waals surface area contributed by atoms with Gasteiger partial charge in [-0.1, -0.05) is 13.8 Å². The fraction of sp³-hybridized carbons (Fsp3) is 0.588. The van der Waals surface area contributed by atoms with Crippen molar-refractivity contribution in [2.45, 2.75) is 40.5 Å². The maximum atomic E-state index is 12.1. The summed E-state index contributed by atoms with van der Waals surface area (Å²) in [6, 6.07) is 5.70. The molecule has 118 valence electrons. The van der Waals surface area contributed by atoms with Gasteiger partial charge in [0.15, 0.2) is 0 Å². The lowest BCUT2D eigenvalue weighted by molar-refractivity contribution is -0.117. The molecule has 0 saturated heterocycles. The average molecular weight is 292 g/mol. The molecule has 1 atom stereocenters. The number of carbonyl (C=O) groups excluding carboxylic acids is 1. The standard InChI is InChI=1S/C17H28N2O2/c1-5-21-15-6-7-16(13(4)9-15)19-17(20)10-14(11-18)8-12(2)3/h6-7,9,12,14H,5,8,10-11,18H2,1-4H3,(H,19,20). The van der Waals surface area contributed by atoms with E-state index in [2.05, 4.69) is 19.2 Å². The summed E-state index contributed by atoms with van der Waals surface area (Å²) < 4.78 is 5.44. The molecule has 0 heterocycles. The van der Waals surface area contributed by atoms with Crippen LogP contribution in [0.5, 0.6) is 5.75 Å². The molecule has 1 aromatic carbocycles. The minimum atomic E-state index is 0.0263. The molecule has 0 bridgehead atoms. The Labute approximate surface area is 128 Å². The highest BCUT2D eigenvalue weighted by Crippen LogP contribution is 2.22. The van der Waals surface area contributed by atoms with Gasteiger partial charge in [0, 0.05) is 12.1 Å². The van der Waals surface area contributed by atoms with Crippen molar-refractivity contribution in [3.63, 3.8) is 0 Å². The number of benzene rings is 1. The van der Waals surface area contributed by atoms with Crippen molar-refractivity contribution >= 4 is 11.6 Å². The SMILES string of the molecule is CCOc1ccc(NC(=O)CC(CN)CC(C)C)c(C)c1. The Morgan fingerprint density at radius 2 is 2.10 bits per heavy atom. The van der Waals surface area contributed by atoms with Crippen molar-refractivity contribution in [1.82, 2.24) is 0 Å². The topological polar surface area (TPSA) is 64.3 Å². The number of ether oxygens (including phenoxy) is 1. The minimum Gasteiger partial charge on any atom is -0.494 e. The summed E-state index contributed by atoms with van der Waals surface area (Å²) in [5.74, 6) is 1.65. The van der Waals surface area contributed by atoms with E-state index in [1.807, 2.05) is 32.0 Å². The summed E-state index contributed by atoms with van der Waals surface area (Å²) in [7, 11) is 0. The fourth-order valence-electron chi connectivity index (χ4n) is 2.43. The third-order valence-electron chi connectivity index (χ3n) is 3.40. The van der Waals surface area contributed by atoms with Crippen LogP contribution in [-0.2, 0) is 4.79 Å². The number of hydrogen-bond donors (Lipinski definition) is 2. The van der Waals surface area contributed by atoms with Crippen molar-refractivity contribution in [3.8, 4) is 5.75 Å². The molecular formula is C17H28N2O2. The van der Waals surface area contributed by atoms with Gasteiger partial charge in [-0.3, -0.25) is 4.79 Å². The highest BCUT2D eigenvalue weighted by atomic mass is 16.5. The molecule has 0 aliphatic heterocycles. The second-order valence-corrected chi connectivity index (χ2v) is 5.89. The molecule has 0 fully saturated rings. The van der Waals surface area contributed by atoms with Crippen LogP contribution in [0.4, 0.5) is 5.69 Å². The van der Waals surface area contributed by atoms with Crippen molar-refractivity contribution in [2.75, 3.05) is 18.5 Å². The highest BCUT2D eigenvalue weighted by Gasteiger charge is 2.14. The number of rotatable bonds is 8. The van der Waals surface area contributed by atoms with Gasteiger partial charge in [0.2, 0.25) is 5.91 Å². The molecule has 0 aromatic heterocycles. The van der Waals surface area contributed by atoms with E-state index >= 15 is 0 Å². The van der Waals surface area contributed by atoms with E-state index in [0.717, 1.165) is 23.4 Å². The average Bonchev–Trinajstić information content (AvgIpc) is 2.41. The van der Waals surface area contributed by atoms with Crippen LogP contribution in [0.3, 0.4) is 0 Å². The van der Waals surface area contributed by atoms with Gasteiger partial charge in [0.25, 0.3) is 0 Å². The molecule has 1 rings (SSSR count). The first-order valence-electron chi connectivity index (χ1n) is 7.69. The maximum absolute atomic E-state index is 12.1. The first-order chi connectivity index (χ1) is 9.96. The molecule has 4 heteroatoms. The predicted octanol–water partition coefficient (Wildman–Crippen LogP) is 3.34. The fourth-order valence-corrected chi connectivity index (χ4v) is 2.43. The molecule has 21 heavy (non-hydrogen) atoms. The van der Waals surface area contributed by atoms with E-state index in [-0.39, 0.29) is 11.8 Å². The summed E-state index contributed by atoms with van der Waals surface area (Å²) in [6.45, 7) is 9.40. The monoisotopic (exact) mass is 292 g/mol. The van der Waals surface area contributed by atoms with Crippen LogP contribution in [0.2, 0.25) is 0 Å². The summed E-state index contributed by atoms with van der Waals surface area (Å²) in [5, 5.41) is 2.97. The van der Waals surface area contributed by atoms with Gasteiger partial charge >= 0.3 is 0 Å². The Balaban J connectivity index is 2.61. The Bertz CT molecular complexity index is 458. The van der Waals surface area contributed by atoms with E-state index in [1.165, 1.54) is 0 Å². The smallest absolute Gasteiger partial charge is 0.224 e. The molecule has 1 unspecified atom stereocenters. The van der Waals surface area contributed by atoms with Crippen molar-refractivity contribution in [2.24, 2.45) is 17.6 Å². The molecule has 0 aliphatic rings. The molecule has 1 amide bonds. The summed E-state index contributed by atoms with van der Waals surface area (Å²) in [4.78, 5) is 12.1. The van der Waals surface area contributed by atoms with E-state index in [4.69, 9.17) is 10.5 Å². The molecule has 0 saturated carbocycles. The Kier molecular flexibility index (Phi) is 7.23. The second-order valence-electron chi connectivity index (χ2n) is 5.89. The van der Waals surface area contributed by atoms with Gasteiger partial charge in [0.1, 0.15) is 5.75 Å². The lowest BCUT2D eigenvalue weighted by Crippen LogP contribution is -2.23. The normalized spacial score (nSPS) is 12.3. The Morgan fingerprint density at radius 3 is 2.62 bits per heavy atom. The van der Waals surface area contributed by atoms with Gasteiger partial charge in [-0.2, -0.15) is 0 Å². The van der Waals surface area contributed by atoms with Crippen LogP contribution in [0.1, 0.15) is 39.2 Å². The number of nitrogens with two attached hydrogens (primary N) is 1. The summed E-state index contributed by atoms with van der Waals surface area (Å²) in [6.07, 6.45) is 1.45. The predicted molar refractivity (Wildman–Crippen MR) is 87.6 cm³/mol. The number of carbonyl (C=O) groups is 1. The van der Waals surface area contributed by atoms with E-state index in [9.17, 15) is 4.79 Å². The largest absolute Gasteiger partial charge is 0.494 e. The van der Waals surface area contributed by atoms with Gasteiger partial charge in [-0.25, -0.2) is 0 Å². The Morgan fingerprint density at radius 1 is 1.38 bits per heavy atom. The van der Waals surface area contributed by atoms with Crippen LogP contribution in [0, 0.1) is 18.8 Å². The zero-order valence-corrected chi connectivity index (χ0v) is 13.6. The highest BCUT2D eigenvalue weighted by molar-refractivity contribution is 5.91. The van der Waals surface area contributed by atoms with Crippen LogP contribution in [0.15, 0.2) is 18.2 Å². The molecule has 3 N–H and O–H groups in total. The van der Waals surface area contributed by atoms with Gasteiger partial charge < -0.3 is 15.8 Å². The van der Waals surface area contributed by atoms with Gasteiger partial charge in [-0.05, 0) is 62.4 Å². The summed E-state index contributed by atoms with van der Waals surface area (Å²) >= 11 is 0. The van der Waals surface area contributed by atoms with Crippen LogP contribution in [0.25, 0.3) is 0 Å². The zero-order chi connectivity index (χ0) is 15.8. The number of nitrogens with one attached hydrogen (secondary N) is 1. The molecule has 0 radical (unpaired) electrons. The van der Waals surface area contributed by atoms with Crippen molar-refractivity contribution in [1.29, 1.82) is 0 Å². The molecule has 0 aliphatic carbocycles. The van der Waals surface area contributed by atoms with E-state index < -0.39 is 0 Å². The number of anilines is 1.